The Morgan fingerprint density at radius 3 is 2.42 bits per heavy atom. The van der Waals surface area contributed by atoms with E-state index in [2.05, 4.69) is 4.98 Å². The van der Waals surface area contributed by atoms with Gasteiger partial charge in [-0.1, -0.05) is 0 Å². The fraction of sp³-hybridized carbons (Fsp3) is 0. The average molecular weight is 302 g/mol. The van der Waals surface area contributed by atoms with Gasteiger partial charge in [0.2, 0.25) is 10.0 Å². The van der Waals surface area contributed by atoms with Gasteiger partial charge in [0, 0.05) is 6.20 Å². The second-order valence-corrected chi connectivity index (χ2v) is 4.64. The molecule has 1 aromatic heterocycles. The first-order valence-corrected chi connectivity index (χ1v) is 5.37. The zero-order valence-electron chi connectivity index (χ0n) is 5.66. The van der Waals surface area contributed by atoms with Crippen LogP contribution in [0.2, 0.25) is 0 Å². The van der Waals surface area contributed by atoms with Crippen molar-refractivity contribution >= 4 is 32.6 Å². The smallest absolute Gasteiger partial charge is 0.242 e. The van der Waals surface area contributed by atoms with Crippen molar-refractivity contribution in [2.75, 3.05) is 0 Å². The number of nitrogens with two attached hydrogens (primary N) is 1. The highest BCUT2D eigenvalue weighted by Gasteiger charge is 2.17. The average Bonchev–Trinajstić information content (AvgIpc) is 1.82. The SMILES string of the molecule is NS(=O)(=O)c1c(F)cncc1I. The summed E-state index contributed by atoms with van der Waals surface area (Å²) in [5.41, 5.74) is 0. The zero-order valence-corrected chi connectivity index (χ0v) is 8.63. The van der Waals surface area contributed by atoms with Gasteiger partial charge in [0.15, 0.2) is 5.82 Å². The third-order valence-corrected chi connectivity index (χ3v) is 3.26. The van der Waals surface area contributed by atoms with Gasteiger partial charge in [-0.15, -0.1) is 0 Å². The Bertz CT molecular complexity index is 386. The molecule has 0 saturated heterocycles. The summed E-state index contributed by atoms with van der Waals surface area (Å²) in [7, 11) is -3.99. The Hall–Kier alpha value is -0.280. The third-order valence-electron chi connectivity index (χ3n) is 1.09. The Kier molecular flexibility index (Phi) is 2.64. The lowest BCUT2D eigenvalue weighted by atomic mass is 10.5. The molecule has 4 nitrogen and oxygen atoms in total. The molecule has 0 fully saturated rings. The van der Waals surface area contributed by atoms with Crippen molar-refractivity contribution in [2.24, 2.45) is 5.14 Å². The first kappa shape index (κ1) is 9.81. The first-order valence-electron chi connectivity index (χ1n) is 2.74. The Morgan fingerprint density at radius 1 is 1.50 bits per heavy atom. The maximum absolute atomic E-state index is 12.8. The van der Waals surface area contributed by atoms with E-state index in [1.165, 1.54) is 6.20 Å². The number of pyridine rings is 1. The van der Waals surface area contributed by atoms with Gasteiger partial charge < -0.3 is 0 Å². The van der Waals surface area contributed by atoms with Gasteiger partial charge in [-0.2, -0.15) is 0 Å². The highest BCUT2D eigenvalue weighted by Crippen LogP contribution is 2.17. The fourth-order valence-corrected chi connectivity index (χ4v) is 2.66. The van der Waals surface area contributed by atoms with Crippen molar-refractivity contribution in [3.05, 3.63) is 21.8 Å². The maximum atomic E-state index is 12.8. The molecule has 2 N–H and O–H groups in total. The molecular formula is C5H4FIN2O2S. The number of sulfonamides is 1. The van der Waals surface area contributed by atoms with Gasteiger partial charge in [-0.05, 0) is 22.6 Å². The molecule has 0 amide bonds. The van der Waals surface area contributed by atoms with Crippen LogP contribution in [0.15, 0.2) is 17.3 Å². The molecule has 0 aromatic carbocycles. The number of hydrogen-bond acceptors (Lipinski definition) is 3. The van der Waals surface area contributed by atoms with Crippen molar-refractivity contribution < 1.29 is 12.8 Å². The second kappa shape index (κ2) is 3.23. The van der Waals surface area contributed by atoms with Crippen LogP contribution >= 0.6 is 22.6 Å². The van der Waals surface area contributed by atoms with Crippen LogP contribution in [0.25, 0.3) is 0 Å². The van der Waals surface area contributed by atoms with Crippen LogP contribution in [-0.2, 0) is 10.0 Å². The van der Waals surface area contributed by atoms with Crippen molar-refractivity contribution in [1.82, 2.24) is 4.98 Å². The van der Waals surface area contributed by atoms with Crippen LogP contribution in [0, 0.1) is 9.39 Å². The predicted octanol–water partition coefficient (Wildman–Crippen LogP) is 0.473. The number of nitrogens with zero attached hydrogens (tertiary/aromatic N) is 1. The van der Waals surface area contributed by atoms with Crippen LogP contribution in [0.3, 0.4) is 0 Å². The normalized spacial score (nSPS) is 11.6. The molecule has 0 spiro atoms. The first-order chi connectivity index (χ1) is 5.43. The van der Waals surface area contributed by atoms with E-state index in [1.54, 1.807) is 22.6 Å². The third kappa shape index (κ3) is 1.90. The summed E-state index contributed by atoms with van der Waals surface area (Å²) in [5.74, 6) is -0.926. The summed E-state index contributed by atoms with van der Waals surface area (Å²) >= 11 is 1.65. The Morgan fingerprint density at radius 2 is 2.08 bits per heavy atom. The van der Waals surface area contributed by atoms with Gasteiger partial charge in [0.05, 0.1) is 9.77 Å². The van der Waals surface area contributed by atoms with Crippen molar-refractivity contribution in [3.8, 4) is 0 Å². The van der Waals surface area contributed by atoms with Gasteiger partial charge >= 0.3 is 0 Å². The molecule has 66 valence electrons. The molecule has 1 heterocycles. The van der Waals surface area contributed by atoms with Crippen LogP contribution in [-0.4, -0.2) is 13.4 Å². The minimum absolute atomic E-state index is 0.176. The summed E-state index contributed by atoms with van der Waals surface area (Å²) < 4.78 is 34.6. The minimum Gasteiger partial charge on any atom is -0.260 e. The van der Waals surface area contributed by atoms with Gasteiger partial charge in [-0.3, -0.25) is 4.98 Å². The predicted molar refractivity (Wildman–Crippen MR) is 48.3 cm³/mol. The van der Waals surface area contributed by atoms with Crippen molar-refractivity contribution in [3.63, 3.8) is 0 Å². The zero-order chi connectivity index (χ0) is 9.35. The van der Waals surface area contributed by atoms with E-state index in [0.717, 1.165) is 6.20 Å². The van der Waals surface area contributed by atoms with Crippen LogP contribution in [0.5, 0.6) is 0 Å². The molecule has 0 radical (unpaired) electrons. The molecule has 0 aliphatic carbocycles. The number of aromatic nitrogens is 1. The van der Waals surface area contributed by atoms with E-state index >= 15 is 0 Å². The number of rotatable bonds is 1. The van der Waals surface area contributed by atoms with Gasteiger partial charge in [0.25, 0.3) is 0 Å². The topological polar surface area (TPSA) is 73.1 Å². The summed E-state index contributed by atoms with van der Waals surface area (Å²) in [6.07, 6.45) is 2.03. The monoisotopic (exact) mass is 302 g/mol. The highest BCUT2D eigenvalue weighted by molar-refractivity contribution is 14.1. The van der Waals surface area contributed by atoms with Gasteiger partial charge in [0.1, 0.15) is 4.90 Å². The van der Waals surface area contributed by atoms with E-state index in [-0.39, 0.29) is 3.57 Å². The molecule has 0 saturated carbocycles. The molecule has 7 heteroatoms. The van der Waals surface area contributed by atoms with E-state index in [1.807, 2.05) is 0 Å². The highest BCUT2D eigenvalue weighted by atomic mass is 127. The maximum Gasteiger partial charge on any atom is 0.242 e. The summed E-state index contributed by atoms with van der Waals surface area (Å²) in [6.45, 7) is 0. The number of hydrogen-bond donors (Lipinski definition) is 1. The summed E-state index contributed by atoms with van der Waals surface area (Å²) in [5, 5.41) is 4.76. The molecule has 0 aliphatic rings. The minimum atomic E-state index is -3.99. The second-order valence-electron chi connectivity index (χ2n) is 1.98. The lowest BCUT2D eigenvalue weighted by molar-refractivity contribution is 0.562. The molecule has 0 bridgehead atoms. The standard InChI is InChI=1S/C5H4FIN2O2S/c6-3-1-9-2-4(7)5(3)12(8,10)11/h1-2H,(H2,8,10,11). The van der Waals surface area contributed by atoms with E-state index in [0.29, 0.717) is 0 Å². The van der Waals surface area contributed by atoms with E-state index in [9.17, 15) is 12.8 Å². The molecular weight excluding hydrogens is 298 g/mol. The fourth-order valence-electron chi connectivity index (χ4n) is 0.671. The van der Waals surface area contributed by atoms with Crippen LogP contribution < -0.4 is 5.14 Å². The molecule has 12 heavy (non-hydrogen) atoms. The summed E-state index contributed by atoms with van der Waals surface area (Å²) in [4.78, 5) is 2.95. The number of primary sulfonamides is 1. The Labute approximate surface area is 82.2 Å². The molecule has 0 aliphatic heterocycles. The van der Waals surface area contributed by atoms with E-state index < -0.39 is 20.7 Å². The van der Waals surface area contributed by atoms with Crippen molar-refractivity contribution in [2.45, 2.75) is 4.90 Å². The van der Waals surface area contributed by atoms with Gasteiger partial charge in [-0.25, -0.2) is 17.9 Å². The van der Waals surface area contributed by atoms with Crippen LogP contribution in [0.1, 0.15) is 0 Å². The lowest BCUT2D eigenvalue weighted by Crippen LogP contribution is -2.15. The molecule has 1 rings (SSSR count). The Balaban J connectivity index is 3.53. The quantitative estimate of drug-likeness (QED) is 0.767. The van der Waals surface area contributed by atoms with Crippen molar-refractivity contribution in [1.29, 1.82) is 0 Å². The largest absolute Gasteiger partial charge is 0.260 e. The molecule has 0 atom stereocenters. The van der Waals surface area contributed by atoms with Crippen LogP contribution in [0.4, 0.5) is 4.39 Å². The number of halogens is 2. The lowest BCUT2D eigenvalue weighted by Gasteiger charge is -2.00. The molecule has 0 unspecified atom stereocenters. The summed E-state index contributed by atoms with van der Waals surface area (Å²) in [6, 6.07) is 0. The molecule has 1 aromatic rings. The van der Waals surface area contributed by atoms with E-state index in [4.69, 9.17) is 5.14 Å².